The molecule has 1 aliphatic rings. The minimum Gasteiger partial charge on any atom is -0.311 e. The van der Waals surface area contributed by atoms with Gasteiger partial charge < -0.3 is 4.90 Å². The summed E-state index contributed by atoms with van der Waals surface area (Å²) in [4.78, 5) is 26.8. The first-order chi connectivity index (χ1) is 15.4. The summed E-state index contributed by atoms with van der Waals surface area (Å²) in [7, 11) is -3.75. The number of para-hydroxylation sites is 1. The van der Waals surface area contributed by atoms with E-state index in [0.717, 1.165) is 29.0 Å². The molecular weight excluding hydrogens is 448 g/mol. The van der Waals surface area contributed by atoms with E-state index < -0.39 is 21.5 Å². The fourth-order valence-electron chi connectivity index (χ4n) is 3.67. The lowest BCUT2D eigenvalue weighted by molar-refractivity contribution is -0.117. The largest absolute Gasteiger partial charge is 0.311 e. The summed E-state index contributed by atoms with van der Waals surface area (Å²) in [5.41, 5.74) is 2.01. The molecule has 3 aromatic rings. The Hall–Kier alpha value is -3.11. The number of hydrogen-bond donors (Lipinski definition) is 1. The molecule has 4 rings (SSSR count). The Balaban J connectivity index is 1.42. The van der Waals surface area contributed by atoms with Crippen molar-refractivity contribution in [2.45, 2.75) is 30.6 Å². The molecule has 0 unspecified atom stereocenters. The highest BCUT2D eigenvalue weighted by Gasteiger charge is 2.34. The molecule has 1 N–H and O–H groups in total. The van der Waals surface area contributed by atoms with Crippen molar-refractivity contribution in [2.75, 3.05) is 22.5 Å². The Morgan fingerprint density at radius 1 is 1.12 bits per heavy atom. The molecule has 0 spiro atoms. The fraction of sp³-hybridized carbons (Fsp3) is 0.273. The zero-order valence-electron chi connectivity index (χ0n) is 17.4. The predicted octanol–water partition coefficient (Wildman–Crippen LogP) is 3.03. The highest BCUT2D eigenvalue weighted by Crippen LogP contribution is 2.35. The molecule has 166 valence electrons. The van der Waals surface area contributed by atoms with Crippen LogP contribution in [0.15, 0.2) is 59.5 Å². The molecular formula is C22H22N4O4S2. The number of amides is 2. The molecule has 10 heteroatoms. The van der Waals surface area contributed by atoms with E-state index in [9.17, 15) is 18.0 Å². The van der Waals surface area contributed by atoms with E-state index in [1.165, 1.54) is 12.1 Å². The van der Waals surface area contributed by atoms with E-state index >= 15 is 0 Å². The number of benzene rings is 2. The highest BCUT2D eigenvalue weighted by atomic mass is 32.2. The van der Waals surface area contributed by atoms with Gasteiger partial charge in [-0.2, -0.15) is 0 Å². The van der Waals surface area contributed by atoms with E-state index in [0.29, 0.717) is 18.0 Å². The monoisotopic (exact) mass is 470 g/mol. The van der Waals surface area contributed by atoms with Crippen LogP contribution in [0.5, 0.6) is 0 Å². The maximum Gasteiger partial charge on any atom is 0.241 e. The van der Waals surface area contributed by atoms with Gasteiger partial charge in [0.25, 0.3) is 0 Å². The molecule has 2 heterocycles. The lowest BCUT2D eigenvalue weighted by Gasteiger charge is -2.19. The molecule has 0 radical (unpaired) electrons. The molecule has 8 nitrogen and oxygen atoms in total. The molecule has 1 aromatic heterocycles. The summed E-state index contributed by atoms with van der Waals surface area (Å²) in [5, 5.41) is 11.5. The average Bonchev–Trinajstić information content (AvgIpc) is 3.40. The smallest absolute Gasteiger partial charge is 0.241 e. The molecule has 1 saturated heterocycles. The van der Waals surface area contributed by atoms with Gasteiger partial charge in [0.2, 0.25) is 16.9 Å². The molecule has 2 amide bonds. The molecule has 1 atom stereocenters. The van der Waals surface area contributed by atoms with Crippen molar-refractivity contribution in [1.82, 2.24) is 10.2 Å². The van der Waals surface area contributed by atoms with Crippen molar-refractivity contribution in [2.24, 2.45) is 0 Å². The summed E-state index contributed by atoms with van der Waals surface area (Å²) in [6.07, 6.45) is 1.13. The van der Waals surface area contributed by atoms with Crippen LogP contribution in [0.3, 0.4) is 0 Å². The quantitative estimate of drug-likeness (QED) is 0.568. The van der Waals surface area contributed by atoms with E-state index in [1.54, 1.807) is 23.1 Å². The third-order valence-corrected chi connectivity index (χ3v) is 7.88. The van der Waals surface area contributed by atoms with Gasteiger partial charge >= 0.3 is 0 Å². The topological polar surface area (TPSA) is 109 Å². The van der Waals surface area contributed by atoms with E-state index in [1.807, 2.05) is 24.3 Å². The number of rotatable bonds is 7. The van der Waals surface area contributed by atoms with Crippen LogP contribution in [-0.2, 0) is 25.8 Å². The molecule has 1 fully saturated rings. The number of carbonyl (C=O) groups is 2. The van der Waals surface area contributed by atoms with Crippen LogP contribution in [0, 0.1) is 0 Å². The second-order valence-corrected chi connectivity index (χ2v) is 10.5. The van der Waals surface area contributed by atoms with E-state index in [-0.39, 0.29) is 21.9 Å². The molecule has 0 aliphatic carbocycles. The van der Waals surface area contributed by atoms with Gasteiger partial charge in [-0.1, -0.05) is 54.7 Å². The maximum absolute atomic E-state index is 12.6. The summed E-state index contributed by atoms with van der Waals surface area (Å²) in [6.45, 7) is 2.54. The van der Waals surface area contributed by atoms with Gasteiger partial charge in [-0.3, -0.25) is 14.9 Å². The zero-order valence-corrected chi connectivity index (χ0v) is 19.0. The highest BCUT2D eigenvalue weighted by molar-refractivity contribution is 7.92. The molecule has 0 saturated carbocycles. The van der Waals surface area contributed by atoms with Gasteiger partial charge in [0.1, 0.15) is 10.8 Å². The number of nitrogens with one attached hydrogen (secondary N) is 1. The summed E-state index contributed by atoms with van der Waals surface area (Å²) >= 11 is 1.16. The minimum atomic E-state index is -3.75. The number of anilines is 2. The standard InChI is InChI=1S/C22H22N4O4S2/c1-2-15-8-6-7-11-18(15)26-13-16(12-20(26)28)21-24-25-22(31-21)23-19(27)14-32(29,30)17-9-4-3-5-10-17/h3-11,16H,2,12-14H2,1H3,(H,23,25,27)/t16-/m0/s1. The molecule has 2 aromatic carbocycles. The average molecular weight is 471 g/mol. The third kappa shape index (κ3) is 4.71. The van der Waals surface area contributed by atoms with Crippen LogP contribution < -0.4 is 10.2 Å². The Morgan fingerprint density at radius 3 is 2.59 bits per heavy atom. The number of hydrogen-bond acceptors (Lipinski definition) is 7. The maximum atomic E-state index is 12.6. The van der Waals surface area contributed by atoms with Crippen molar-refractivity contribution in [3.8, 4) is 0 Å². The van der Waals surface area contributed by atoms with Crippen LogP contribution in [0.2, 0.25) is 0 Å². The first kappa shape index (κ1) is 22.1. The summed E-state index contributed by atoms with van der Waals surface area (Å²) in [6, 6.07) is 15.6. The van der Waals surface area contributed by atoms with Crippen molar-refractivity contribution >= 4 is 43.8 Å². The second kappa shape index (κ2) is 9.17. The van der Waals surface area contributed by atoms with E-state index in [4.69, 9.17) is 0 Å². The van der Waals surface area contributed by atoms with Crippen LogP contribution in [-0.4, -0.2) is 42.7 Å². The minimum absolute atomic E-state index is 0.0191. The van der Waals surface area contributed by atoms with Crippen LogP contribution in [0.25, 0.3) is 0 Å². The van der Waals surface area contributed by atoms with Crippen molar-refractivity contribution in [3.05, 3.63) is 65.2 Å². The van der Waals surface area contributed by atoms with Crippen LogP contribution in [0.4, 0.5) is 10.8 Å². The summed E-state index contributed by atoms with van der Waals surface area (Å²) < 4.78 is 24.7. The van der Waals surface area contributed by atoms with E-state index in [2.05, 4.69) is 22.4 Å². The lowest BCUT2D eigenvalue weighted by atomic mass is 10.1. The fourth-order valence-corrected chi connectivity index (χ4v) is 5.67. The first-order valence-corrected chi connectivity index (χ1v) is 12.6. The molecule has 0 bridgehead atoms. The summed E-state index contributed by atoms with van der Waals surface area (Å²) in [5.74, 6) is -1.48. The van der Waals surface area contributed by atoms with Gasteiger partial charge in [0.15, 0.2) is 9.84 Å². The third-order valence-electron chi connectivity index (χ3n) is 5.25. The van der Waals surface area contributed by atoms with Gasteiger partial charge in [-0.05, 0) is 30.2 Å². The lowest BCUT2D eigenvalue weighted by Crippen LogP contribution is -2.25. The number of carbonyl (C=O) groups excluding carboxylic acids is 2. The van der Waals surface area contributed by atoms with Gasteiger partial charge in [0, 0.05) is 24.6 Å². The molecule has 32 heavy (non-hydrogen) atoms. The van der Waals surface area contributed by atoms with Gasteiger partial charge in [-0.25, -0.2) is 8.42 Å². The Labute approximate surface area is 190 Å². The first-order valence-electron chi connectivity index (χ1n) is 10.2. The number of aryl methyl sites for hydroxylation is 1. The van der Waals surface area contributed by atoms with Crippen molar-refractivity contribution in [3.63, 3.8) is 0 Å². The zero-order chi connectivity index (χ0) is 22.7. The number of nitrogens with zero attached hydrogens (tertiary/aromatic N) is 3. The Bertz CT molecular complexity index is 1240. The van der Waals surface area contributed by atoms with Gasteiger partial charge in [0.05, 0.1) is 4.90 Å². The molecule has 1 aliphatic heterocycles. The SMILES string of the molecule is CCc1ccccc1N1C[C@@H](c2nnc(NC(=O)CS(=O)(=O)c3ccccc3)s2)CC1=O. The Morgan fingerprint density at radius 2 is 1.84 bits per heavy atom. The van der Waals surface area contributed by atoms with Crippen LogP contribution >= 0.6 is 11.3 Å². The normalized spacial score (nSPS) is 16.3. The van der Waals surface area contributed by atoms with Gasteiger partial charge in [-0.15, -0.1) is 10.2 Å². The van der Waals surface area contributed by atoms with Crippen LogP contribution in [0.1, 0.15) is 29.8 Å². The Kier molecular flexibility index (Phi) is 6.33. The predicted molar refractivity (Wildman–Crippen MR) is 123 cm³/mol. The van der Waals surface area contributed by atoms with Crippen molar-refractivity contribution in [1.29, 1.82) is 0 Å². The second-order valence-electron chi connectivity index (χ2n) is 7.45. The number of aromatic nitrogens is 2. The van der Waals surface area contributed by atoms with Crippen molar-refractivity contribution < 1.29 is 18.0 Å². The number of sulfone groups is 1.